The van der Waals surface area contributed by atoms with Crippen molar-refractivity contribution in [3.8, 4) is 0 Å². The molecule has 0 bridgehead atoms. The van der Waals surface area contributed by atoms with E-state index in [0.29, 0.717) is 19.6 Å². The van der Waals surface area contributed by atoms with E-state index in [4.69, 9.17) is 5.11 Å². The molecule has 0 saturated carbocycles. The number of carboxylic acid groups (broad SMARTS) is 1. The maximum atomic E-state index is 10.9. The van der Waals surface area contributed by atoms with Crippen LogP contribution in [0, 0.1) is 13.8 Å². The molecule has 1 N–H and O–H groups in total. The molecule has 0 aliphatic heterocycles. The molecule has 5 nitrogen and oxygen atoms in total. The van der Waals surface area contributed by atoms with Crippen LogP contribution in [-0.2, 0) is 17.9 Å². The van der Waals surface area contributed by atoms with Crippen LogP contribution in [0.25, 0.3) is 0 Å². The van der Waals surface area contributed by atoms with Crippen LogP contribution in [0.15, 0.2) is 36.4 Å². The largest absolute Gasteiger partial charge is 0.481 e. The van der Waals surface area contributed by atoms with E-state index >= 15 is 0 Å². The minimum atomic E-state index is -0.792. The van der Waals surface area contributed by atoms with Crippen LogP contribution >= 0.6 is 0 Å². The highest BCUT2D eigenvalue weighted by Crippen LogP contribution is 2.09. The Kier molecular flexibility index (Phi) is 5.61. The molecule has 0 spiro atoms. The third-order valence-corrected chi connectivity index (χ3v) is 3.31. The Morgan fingerprint density at radius 2 is 1.50 bits per heavy atom. The number of nitrogens with zero attached hydrogens (tertiary/aromatic N) is 3. The molecule has 0 aliphatic carbocycles. The molecule has 2 aromatic rings. The standard InChI is InChI=1S/C17H21N3O2/c1-13-5-3-7-15(18-13)11-20(10-9-17(21)22)12-16-8-4-6-14(2)19-16/h3-8H,9-12H2,1-2H3,(H,21,22). The number of hydrogen-bond donors (Lipinski definition) is 1. The summed E-state index contributed by atoms with van der Waals surface area (Å²) in [5, 5.41) is 8.92. The van der Waals surface area contributed by atoms with E-state index in [1.807, 2.05) is 50.2 Å². The van der Waals surface area contributed by atoms with E-state index in [1.165, 1.54) is 0 Å². The monoisotopic (exact) mass is 299 g/mol. The molecule has 116 valence electrons. The van der Waals surface area contributed by atoms with Gasteiger partial charge in [-0.3, -0.25) is 19.7 Å². The lowest BCUT2D eigenvalue weighted by Crippen LogP contribution is -2.26. The maximum absolute atomic E-state index is 10.9. The third-order valence-electron chi connectivity index (χ3n) is 3.31. The van der Waals surface area contributed by atoms with Gasteiger partial charge < -0.3 is 5.11 Å². The summed E-state index contributed by atoms with van der Waals surface area (Å²) >= 11 is 0. The third kappa shape index (κ3) is 5.26. The molecule has 0 unspecified atom stereocenters. The zero-order chi connectivity index (χ0) is 15.9. The molecule has 22 heavy (non-hydrogen) atoms. The lowest BCUT2D eigenvalue weighted by Gasteiger charge is -2.21. The van der Waals surface area contributed by atoms with Crippen molar-refractivity contribution in [1.29, 1.82) is 0 Å². The molecule has 0 atom stereocenters. The Morgan fingerprint density at radius 3 is 1.91 bits per heavy atom. The number of carboxylic acids is 1. The van der Waals surface area contributed by atoms with Crippen molar-refractivity contribution in [2.45, 2.75) is 33.4 Å². The number of rotatable bonds is 7. The van der Waals surface area contributed by atoms with Gasteiger partial charge in [-0.2, -0.15) is 0 Å². The van der Waals surface area contributed by atoms with Gasteiger partial charge in [-0.15, -0.1) is 0 Å². The first-order valence-corrected chi connectivity index (χ1v) is 7.32. The van der Waals surface area contributed by atoms with Crippen LogP contribution in [0.2, 0.25) is 0 Å². The molecule has 0 radical (unpaired) electrons. The van der Waals surface area contributed by atoms with Crippen LogP contribution in [0.1, 0.15) is 29.2 Å². The van der Waals surface area contributed by atoms with Gasteiger partial charge in [0.05, 0.1) is 17.8 Å². The van der Waals surface area contributed by atoms with E-state index in [0.717, 1.165) is 22.8 Å². The van der Waals surface area contributed by atoms with Gasteiger partial charge >= 0.3 is 5.97 Å². The van der Waals surface area contributed by atoms with Crippen molar-refractivity contribution in [2.24, 2.45) is 0 Å². The van der Waals surface area contributed by atoms with E-state index in [1.54, 1.807) is 0 Å². The van der Waals surface area contributed by atoms with Crippen molar-refractivity contribution in [1.82, 2.24) is 14.9 Å². The smallest absolute Gasteiger partial charge is 0.304 e. The normalized spacial score (nSPS) is 10.9. The number of pyridine rings is 2. The van der Waals surface area contributed by atoms with Gasteiger partial charge in [0.25, 0.3) is 0 Å². The van der Waals surface area contributed by atoms with Crippen LogP contribution < -0.4 is 0 Å². The van der Waals surface area contributed by atoms with Gasteiger partial charge in [-0.25, -0.2) is 0 Å². The van der Waals surface area contributed by atoms with Gasteiger partial charge in [-0.05, 0) is 38.1 Å². The Hall–Kier alpha value is -2.27. The highest BCUT2D eigenvalue weighted by molar-refractivity contribution is 5.66. The van der Waals surface area contributed by atoms with Crippen LogP contribution in [0.3, 0.4) is 0 Å². The second-order valence-corrected chi connectivity index (χ2v) is 5.40. The van der Waals surface area contributed by atoms with Gasteiger partial charge in [0.1, 0.15) is 0 Å². The Bertz CT molecular complexity index is 596. The van der Waals surface area contributed by atoms with Gasteiger partial charge in [0, 0.05) is 31.0 Å². The Morgan fingerprint density at radius 1 is 1.00 bits per heavy atom. The first-order chi connectivity index (χ1) is 10.5. The van der Waals surface area contributed by atoms with Crippen molar-refractivity contribution >= 4 is 5.97 Å². The Balaban J connectivity index is 2.09. The number of aromatic nitrogens is 2. The molecule has 0 aromatic carbocycles. The molecule has 0 fully saturated rings. The Labute approximate surface area is 130 Å². The fourth-order valence-corrected chi connectivity index (χ4v) is 2.30. The summed E-state index contributed by atoms with van der Waals surface area (Å²) in [6.45, 7) is 5.61. The quantitative estimate of drug-likeness (QED) is 0.851. The second-order valence-electron chi connectivity index (χ2n) is 5.40. The number of hydrogen-bond acceptors (Lipinski definition) is 4. The summed E-state index contributed by atoms with van der Waals surface area (Å²) in [4.78, 5) is 21.9. The minimum absolute atomic E-state index is 0.109. The van der Waals surface area contributed by atoms with E-state index < -0.39 is 5.97 Å². The average Bonchev–Trinajstić information content (AvgIpc) is 2.45. The number of aliphatic carboxylic acids is 1. The lowest BCUT2D eigenvalue weighted by atomic mass is 10.2. The second kappa shape index (κ2) is 7.66. The summed E-state index contributed by atoms with van der Waals surface area (Å²) in [6, 6.07) is 11.8. The minimum Gasteiger partial charge on any atom is -0.481 e. The number of aryl methyl sites for hydroxylation is 2. The summed E-state index contributed by atoms with van der Waals surface area (Å²) in [5.41, 5.74) is 3.81. The van der Waals surface area contributed by atoms with Gasteiger partial charge in [0.15, 0.2) is 0 Å². The highest BCUT2D eigenvalue weighted by atomic mass is 16.4. The molecule has 2 aromatic heterocycles. The summed E-state index contributed by atoms with van der Waals surface area (Å²) in [6.07, 6.45) is 0.109. The zero-order valence-electron chi connectivity index (χ0n) is 13.0. The molecule has 0 saturated heterocycles. The van der Waals surface area contributed by atoms with Crippen molar-refractivity contribution in [3.05, 3.63) is 59.2 Å². The molecule has 0 amide bonds. The zero-order valence-corrected chi connectivity index (χ0v) is 13.0. The molecule has 2 rings (SSSR count). The lowest BCUT2D eigenvalue weighted by molar-refractivity contribution is -0.137. The molecule has 2 heterocycles. The van der Waals surface area contributed by atoms with Crippen molar-refractivity contribution < 1.29 is 9.90 Å². The van der Waals surface area contributed by atoms with Gasteiger partial charge in [-0.1, -0.05) is 12.1 Å². The van der Waals surface area contributed by atoms with Crippen LogP contribution in [-0.4, -0.2) is 32.5 Å². The van der Waals surface area contributed by atoms with E-state index in [-0.39, 0.29) is 6.42 Å². The topological polar surface area (TPSA) is 66.3 Å². The van der Waals surface area contributed by atoms with Crippen molar-refractivity contribution in [3.63, 3.8) is 0 Å². The van der Waals surface area contributed by atoms with Crippen molar-refractivity contribution in [2.75, 3.05) is 6.54 Å². The first-order valence-electron chi connectivity index (χ1n) is 7.32. The number of carbonyl (C=O) groups is 1. The predicted octanol–water partition coefficient (Wildman–Crippen LogP) is 2.57. The summed E-state index contributed by atoms with van der Waals surface area (Å²) in [7, 11) is 0. The highest BCUT2D eigenvalue weighted by Gasteiger charge is 2.11. The van der Waals surface area contributed by atoms with E-state index in [9.17, 15) is 4.79 Å². The fourth-order valence-electron chi connectivity index (χ4n) is 2.30. The summed E-state index contributed by atoms with van der Waals surface area (Å²) < 4.78 is 0. The molecule has 5 heteroatoms. The van der Waals surface area contributed by atoms with Crippen LogP contribution in [0.5, 0.6) is 0 Å². The average molecular weight is 299 g/mol. The predicted molar refractivity (Wildman–Crippen MR) is 84.3 cm³/mol. The maximum Gasteiger partial charge on any atom is 0.304 e. The fraction of sp³-hybridized carbons (Fsp3) is 0.353. The van der Waals surface area contributed by atoms with Crippen LogP contribution in [0.4, 0.5) is 0 Å². The SMILES string of the molecule is Cc1cccc(CN(CCC(=O)O)Cc2cccc(C)n2)n1. The molecular weight excluding hydrogens is 278 g/mol. The van der Waals surface area contributed by atoms with E-state index in [2.05, 4.69) is 14.9 Å². The molecular formula is C17H21N3O2. The molecule has 0 aliphatic rings. The summed E-state index contributed by atoms with van der Waals surface area (Å²) in [5.74, 6) is -0.792. The first kappa shape index (κ1) is 16.1. The van der Waals surface area contributed by atoms with Gasteiger partial charge in [0.2, 0.25) is 0 Å².